The van der Waals surface area contributed by atoms with Gasteiger partial charge in [-0.25, -0.2) is 0 Å². The molecule has 1 aromatic heterocycles. The van der Waals surface area contributed by atoms with E-state index >= 15 is 0 Å². The van der Waals surface area contributed by atoms with Crippen LogP contribution < -0.4 is 10.2 Å². The van der Waals surface area contributed by atoms with Crippen LogP contribution in [0.5, 0.6) is 0 Å². The molecule has 16 heavy (non-hydrogen) atoms. The topological polar surface area (TPSA) is 31.1 Å². The molecule has 2 aromatic rings. The molecule has 3 heteroatoms. The summed E-state index contributed by atoms with van der Waals surface area (Å²) < 4.78 is 0. The normalized spacial score (nSPS) is 16.9. The number of aryl methyl sites for hydroxylation is 1. The van der Waals surface area contributed by atoms with Gasteiger partial charge in [-0.2, -0.15) is 0 Å². The van der Waals surface area contributed by atoms with Crippen molar-refractivity contribution in [3.8, 4) is 0 Å². The number of aromatic nitrogens is 1. The average Bonchev–Trinajstić information content (AvgIpc) is 2.69. The summed E-state index contributed by atoms with van der Waals surface area (Å²) in [5.74, 6) is 0. The molecule has 0 radical (unpaired) electrons. The molecule has 2 heterocycles. The number of benzene rings is 1. The van der Waals surface area contributed by atoms with Gasteiger partial charge in [0.05, 0.1) is 0 Å². The van der Waals surface area contributed by atoms with Gasteiger partial charge in [-0.1, -0.05) is 0 Å². The molecule has 3 nitrogen and oxygen atoms in total. The Morgan fingerprint density at radius 1 is 1.12 bits per heavy atom. The molecule has 2 N–H and O–H groups in total. The lowest BCUT2D eigenvalue weighted by atomic mass is 10.2. The van der Waals surface area contributed by atoms with E-state index in [-0.39, 0.29) is 0 Å². The van der Waals surface area contributed by atoms with Gasteiger partial charge in [0.1, 0.15) is 0 Å². The van der Waals surface area contributed by atoms with Crippen molar-refractivity contribution in [1.82, 2.24) is 10.3 Å². The zero-order valence-electron chi connectivity index (χ0n) is 9.59. The van der Waals surface area contributed by atoms with Gasteiger partial charge in [0, 0.05) is 48.5 Å². The summed E-state index contributed by atoms with van der Waals surface area (Å²) in [4.78, 5) is 5.80. The number of H-pyrrole nitrogens is 1. The second-order valence-electron chi connectivity index (χ2n) is 4.46. The lowest BCUT2D eigenvalue weighted by molar-refractivity contribution is 0.589. The Balaban J connectivity index is 1.97. The first-order chi connectivity index (χ1) is 7.83. The van der Waals surface area contributed by atoms with Crippen LogP contribution in [0.2, 0.25) is 0 Å². The molecular formula is C13H17N3. The van der Waals surface area contributed by atoms with Gasteiger partial charge in [-0.3, -0.25) is 0 Å². The minimum Gasteiger partial charge on any atom is -0.369 e. The second-order valence-corrected chi connectivity index (χ2v) is 4.46. The average molecular weight is 215 g/mol. The van der Waals surface area contributed by atoms with Crippen molar-refractivity contribution in [3.63, 3.8) is 0 Å². The van der Waals surface area contributed by atoms with Crippen LogP contribution in [-0.4, -0.2) is 31.2 Å². The van der Waals surface area contributed by atoms with Crippen LogP contribution in [0, 0.1) is 6.92 Å². The zero-order chi connectivity index (χ0) is 11.0. The first-order valence-corrected chi connectivity index (χ1v) is 5.88. The van der Waals surface area contributed by atoms with Gasteiger partial charge < -0.3 is 15.2 Å². The molecule has 1 fully saturated rings. The van der Waals surface area contributed by atoms with Crippen LogP contribution in [0.15, 0.2) is 24.3 Å². The van der Waals surface area contributed by atoms with E-state index in [1.54, 1.807) is 0 Å². The van der Waals surface area contributed by atoms with E-state index in [9.17, 15) is 0 Å². The Morgan fingerprint density at radius 3 is 2.75 bits per heavy atom. The molecule has 3 rings (SSSR count). The third kappa shape index (κ3) is 1.67. The number of nitrogens with one attached hydrogen (secondary N) is 2. The lowest BCUT2D eigenvalue weighted by Gasteiger charge is -2.29. The van der Waals surface area contributed by atoms with E-state index in [1.807, 2.05) is 0 Å². The second kappa shape index (κ2) is 3.83. The number of hydrogen-bond donors (Lipinski definition) is 2. The molecule has 1 aliphatic heterocycles. The molecule has 0 atom stereocenters. The molecule has 1 aliphatic rings. The summed E-state index contributed by atoms with van der Waals surface area (Å²) in [5.41, 5.74) is 3.80. The van der Waals surface area contributed by atoms with E-state index in [1.165, 1.54) is 22.3 Å². The Hall–Kier alpha value is -1.48. The maximum absolute atomic E-state index is 3.38. The Morgan fingerprint density at radius 2 is 1.94 bits per heavy atom. The summed E-state index contributed by atoms with van der Waals surface area (Å²) in [6, 6.07) is 8.88. The first kappa shape index (κ1) is 9.73. The van der Waals surface area contributed by atoms with E-state index in [0.717, 1.165) is 26.2 Å². The molecule has 0 bridgehead atoms. The number of anilines is 1. The van der Waals surface area contributed by atoms with Crippen LogP contribution in [0.3, 0.4) is 0 Å². The quantitative estimate of drug-likeness (QED) is 0.761. The molecule has 0 spiro atoms. The van der Waals surface area contributed by atoms with Crippen LogP contribution in [0.1, 0.15) is 5.69 Å². The summed E-state index contributed by atoms with van der Waals surface area (Å²) in [7, 11) is 0. The van der Waals surface area contributed by atoms with Crippen molar-refractivity contribution in [3.05, 3.63) is 30.0 Å². The van der Waals surface area contributed by atoms with Crippen molar-refractivity contribution < 1.29 is 0 Å². The maximum Gasteiger partial charge on any atom is 0.0457 e. The first-order valence-electron chi connectivity index (χ1n) is 5.88. The highest BCUT2D eigenvalue weighted by Crippen LogP contribution is 2.22. The summed E-state index contributed by atoms with van der Waals surface area (Å²) >= 11 is 0. The van der Waals surface area contributed by atoms with Gasteiger partial charge in [0.2, 0.25) is 0 Å². The highest BCUT2D eigenvalue weighted by molar-refractivity contribution is 5.84. The minimum atomic E-state index is 1.09. The number of nitrogens with zero attached hydrogens (tertiary/aromatic N) is 1. The van der Waals surface area contributed by atoms with Gasteiger partial charge >= 0.3 is 0 Å². The fourth-order valence-corrected chi connectivity index (χ4v) is 2.38. The molecule has 1 saturated heterocycles. The fourth-order valence-electron chi connectivity index (χ4n) is 2.38. The van der Waals surface area contributed by atoms with Crippen molar-refractivity contribution >= 4 is 16.6 Å². The van der Waals surface area contributed by atoms with Crippen molar-refractivity contribution in [1.29, 1.82) is 0 Å². The minimum absolute atomic E-state index is 1.09. The number of piperazine rings is 1. The fraction of sp³-hybridized carbons (Fsp3) is 0.385. The van der Waals surface area contributed by atoms with Crippen LogP contribution in [-0.2, 0) is 0 Å². The highest BCUT2D eigenvalue weighted by Gasteiger charge is 2.10. The monoisotopic (exact) mass is 215 g/mol. The summed E-state index contributed by atoms with van der Waals surface area (Å²) in [5, 5.41) is 4.69. The molecule has 0 saturated carbocycles. The van der Waals surface area contributed by atoms with Crippen molar-refractivity contribution in [2.24, 2.45) is 0 Å². The predicted octanol–water partition coefficient (Wildman–Crippen LogP) is 1.89. The Bertz CT molecular complexity index is 495. The van der Waals surface area contributed by atoms with Crippen LogP contribution in [0.4, 0.5) is 5.69 Å². The van der Waals surface area contributed by atoms with Gasteiger partial charge in [-0.05, 0) is 31.2 Å². The molecule has 0 unspecified atom stereocenters. The number of fused-ring (bicyclic) bond motifs is 1. The Labute approximate surface area is 95.5 Å². The molecule has 0 aliphatic carbocycles. The third-order valence-electron chi connectivity index (χ3n) is 3.22. The standard InChI is InChI=1S/C13H17N3/c1-10-8-11-9-12(2-3-13(11)15-10)16-6-4-14-5-7-16/h2-3,8-9,14-15H,4-7H2,1H3. The molecular weight excluding hydrogens is 198 g/mol. The predicted molar refractivity (Wildman–Crippen MR) is 68.1 cm³/mol. The highest BCUT2D eigenvalue weighted by atomic mass is 15.2. The summed E-state index contributed by atoms with van der Waals surface area (Å²) in [6.07, 6.45) is 0. The van der Waals surface area contributed by atoms with Gasteiger partial charge in [0.15, 0.2) is 0 Å². The SMILES string of the molecule is Cc1cc2cc(N3CCNCC3)ccc2[nH]1. The molecule has 84 valence electrons. The van der Waals surface area contributed by atoms with Crippen LogP contribution in [0.25, 0.3) is 10.9 Å². The van der Waals surface area contributed by atoms with E-state index < -0.39 is 0 Å². The molecule has 0 amide bonds. The van der Waals surface area contributed by atoms with Crippen molar-refractivity contribution in [2.75, 3.05) is 31.1 Å². The van der Waals surface area contributed by atoms with E-state index in [2.05, 4.69) is 46.4 Å². The van der Waals surface area contributed by atoms with Gasteiger partial charge in [0.25, 0.3) is 0 Å². The van der Waals surface area contributed by atoms with Crippen molar-refractivity contribution in [2.45, 2.75) is 6.92 Å². The lowest BCUT2D eigenvalue weighted by Crippen LogP contribution is -2.43. The van der Waals surface area contributed by atoms with Crippen LogP contribution >= 0.6 is 0 Å². The maximum atomic E-state index is 3.38. The smallest absolute Gasteiger partial charge is 0.0457 e. The summed E-state index contributed by atoms with van der Waals surface area (Å²) in [6.45, 7) is 6.49. The number of aromatic amines is 1. The third-order valence-corrected chi connectivity index (χ3v) is 3.22. The number of hydrogen-bond acceptors (Lipinski definition) is 2. The largest absolute Gasteiger partial charge is 0.369 e. The Kier molecular flexibility index (Phi) is 2.33. The molecule has 1 aromatic carbocycles. The van der Waals surface area contributed by atoms with Gasteiger partial charge in [-0.15, -0.1) is 0 Å². The zero-order valence-corrected chi connectivity index (χ0v) is 9.59. The van der Waals surface area contributed by atoms with E-state index in [4.69, 9.17) is 0 Å². The van der Waals surface area contributed by atoms with E-state index in [0.29, 0.717) is 0 Å². The number of rotatable bonds is 1.